The van der Waals surface area contributed by atoms with Crippen molar-refractivity contribution in [3.63, 3.8) is 0 Å². The maximum atomic E-state index is 12.1. The van der Waals surface area contributed by atoms with Crippen molar-refractivity contribution in [3.8, 4) is 5.75 Å². The average Bonchev–Trinajstić information content (AvgIpc) is 2.77. The van der Waals surface area contributed by atoms with Gasteiger partial charge in [-0.3, -0.25) is 9.69 Å². The first-order chi connectivity index (χ1) is 11.1. The molecule has 0 aliphatic carbocycles. The van der Waals surface area contributed by atoms with Gasteiger partial charge in [0.15, 0.2) is 0 Å². The summed E-state index contributed by atoms with van der Waals surface area (Å²) in [7, 11) is 0. The Morgan fingerprint density at radius 1 is 1.26 bits per heavy atom. The summed E-state index contributed by atoms with van der Waals surface area (Å²) < 4.78 is 28.4. The third-order valence-corrected chi connectivity index (χ3v) is 3.68. The van der Waals surface area contributed by atoms with E-state index >= 15 is 0 Å². The fraction of sp³-hybridized carbons (Fsp3) is 0.562. The molecule has 1 heterocycles. The van der Waals surface area contributed by atoms with Gasteiger partial charge < -0.3 is 15.4 Å². The van der Waals surface area contributed by atoms with Crippen molar-refractivity contribution in [1.29, 1.82) is 0 Å². The molecule has 0 bridgehead atoms. The van der Waals surface area contributed by atoms with Crippen LogP contribution in [0.5, 0.6) is 5.75 Å². The molecule has 0 unspecified atom stereocenters. The number of benzene rings is 1. The van der Waals surface area contributed by atoms with Crippen LogP contribution in [0, 0.1) is 0 Å². The first kappa shape index (κ1) is 17.6. The first-order valence-electron chi connectivity index (χ1n) is 7.87. The molecule has 0 radical (unpaired) electrons. The molecule has 7 heteroatoms. The van der Waals surface area contributed by atoms with Crippen LogP contribution in [-0.2, 0) is 11.2 Å². The predicted molar refractivity (Wildman–Crippen MR) is 83.7 cm³/mol. The largest absolute Gasteiger partial charge is 0.435 e. The Bertz CT molecular complexity index is 475. The van der Waals surface area contributed by atoms with Crippen LogP contribution in [-0.4, -0.2) is 56.7 Å². The standard InChI is InChI=1S/C16H23F2N3O2/c17-16(18)23-14-4-2-13(3-5-14)6-8-20-15(22)12-21-10-1-7-19-9-11-21/h2-5,16,19H,1,6-12H2,(H,20,22). The summed E-state index contributed by atoms with van der Waals surface area (Å²) in [5.41, 5.74) is 0.964. The zero-order valence-corrected chi connectivity index (χ0v) is 13.1. The summed E-state index contributed by atoms with van der Waals surface area (Å²) in [6.45, 7) is 1.88. The van der Waals surface area contributed by atoms with Crippen molar-refractivity contribution in [2.75, 3.05) is 39.3 Å². The SMILES string of the molecule is O=C(CN1CCCNCC1)NCCc1ccc(OC(F)F)cc1. The third kappa shape index (κ3) is 6.92. The Balaban J connectivity index is 1.66. The molecular formula is C16H23F2N3O2. The molecule has 5 nitrogen and oxygen atoms in total. The van der Waals surface area contributed by atoms with E-state index in [1.165, 1.54) is 12.1 Å². The van der Waals surface area contributed by atoms with E-state index in [2.05, 4.69) is 20.3 Å². The van der Waals surface area contributed by atoms with Gasteiger partial charge in [0.2, 0.25) is 5.91 Å². The average molecular weight is 327 g/mol. The smallest absolute Gasteiger partial charge is 0.387 e. The number of hydrogen-bond acceptors (Lipinski definition) is 4. The number of nitrogens with one attached hydrogen (secondary N) is 2. The lowest BCUT2D eigenvalue weighted by molar-refractivity contribution is -0.122. The summed E-state index contributed by atoms with van der Waals surface area (Å²) in [4.78, 5) is 14.1. The van der Waals surface area contributed by atoms with Gasteiger partial charge in [-0.05, 0) is 43.6 Å². The summed E-state index contributed by atoms with van der Waals surface area (Å²) >= 11 is 0. The quantitative estimate of drug-likeness (QED) is 0.791. The molecule has 1 amide bonds. The predicted octanol–water partition coefficient (Wildman–Crippen LogP) is 1.24. The number of halogens is 2. The molecule has 1 fully saturated rings. The minimum atomic E-state index is -2.81. The van der Waals surface area contributed by atoms with Crippen LogP contribution in [0.2, 0.25) is 0 Å². The van der Waals surface area contributed by atoms with E-state index in [1.807, 2.05) is 0 Å². The van der Waals surface area contributed by atoms with Crippen molar-refractivity contribution in [2.24, 2.45) is 0 Å². The van der Waals surface area contributed by atoms with Crippen molar-refractivity contribution < 1.29 is 18.3 Å². The Kier molecular flexibility index (Phi) is 7.22. The fourth-order valence-electron chi connectivity index (χ4n) is 2.50. The fourth-order valence-corrected chi connectivity index (χ4v) is 2.50. The number of amides is 1. The molecule has 1 aromatic carbocycles. The van der Waals surface area contributed by atoms with E-state index in [4.69, 9.17) is 0 Å². The van der Waals surface area contributed by atoms with Gasteiger partial charge in [-0.25, -0.2) is 0 Å². The minimum absolute atomic E-state index is 0.0181. The molecule has 23 heavy (non-hydrogen) atoms. The Morgan fingerprint density at radius 2 is 2.04 bits per heavy atom. The number of carbonyl (C=O) groups is 1. The van der Waals surface area contributed by atoms with Gasteiger partial charge in [-0.15, -0.1) is 0 Å². The second kappa shape index (κ2) is 9.42. The molecule has 2 N–H and O–H groups in total. The summed E-state index contributed by atoms with van der Waals surface area (Å²) in [5, 5.41) is 6.19. The molecule has 1 aliphatic heterocycles. The Hall–Kier alpha value is -1.73. The maximum Gasteiger partial charge on any atom is 0.387 e. The van der Waals surface area contributed by atoms with Crippen molar-refractivity contribution in [1.82, 2.24) is 15.5 Å². The molecule has 2 rings (SSSR count). The normalized spacial score (nSPS) is 16.1. The van der Waals surface area contributed by atoms with Crippen LogP contribution in [0.1, 0.15) is 12.0 Å². The van der Waals surface area contributed by atoms with Gasteiger partial charge in [-0.1, -0.05) is 12.1 Å². The third-order valence-electron chi connectivity index (χ3n) is 3.68. The highest BCUT2D eigenvalue weighted by Crippen LogP contribution is 2.14. The highest BCUT2D eigenvalue weighted by atomic mass is 19.3. The summed E-state index contributed by atoms with van der Waals surface area (Å²) in [6.07, 6.45) is 1.71. The molecule has 0 spiro atoms. The van der Waals surface area contributed by atoms with E-state index in [1.54, 1.807) is 12.1 Å². The second-order valence-electron chi connectivity index (χ2n) is 5.50. The Morgan fingerprint density at radius 3 is 2.78 bits per heavy atom. The van der Waals surface area contributed by atoms with Crippen LogP contribution in [0.15, 0.2) is 24.3 Å². The van der Waals surface area contributed by atoms with Gasteiger partial charge in [-0.2, -0.15) is 8.78 Å². The zero-order valence-electron chi connectivity index (χ0n) is 13.1. The van der Waals surface area contributed by atoms with Crippen LogP contribution >= 0.6 is 0 Å². The minimum Gasteiger partial charge on any atom is -0.435 e. The summed E-state index contributed by atoms with van der Waals surface area (Å²) in [6, 6.07) is 6.47. The van der Waals surface area contributed by atoms with E-state index in [0.717, 1.165) is 38.2 Å². The lowest BCUT2D eigenvalue weighted by atomic mass is 10.1. The van der Waals surface area contributed by atoms with Crippen LogP contribution in [0.25, 0.3) is 0 Å². The number of hydrogen-bond donors (Lipinski definition) is 2. The molecule has 1 saturated heterocycles. The number of carbonyl (C=O) groups excluding carboxylic acids is 1. The number of ether oxygens (including phenoxy) is 1. The van der Waals surface area contributed by atoms with Crippen LogP contribution in [0.4, 0.5) is 8.78 Å². The monoisotopic (exact) mass is 327 g/mol. The molecule has 1 aromatic rings. The first-order valence-corrected chi connectivity index (χ1v) is 7.87. The lowest BCUT2D eigenvalue weighted by Crippen LogP contribution is -2.39. The molecule has 0 saturated carbocycles. The van der Waals surface area contributed by atoms with Crippen LogP contribution in [0.3, 0.4) is 0 Å². The van der Waals surface area contributed by atoms with Crippen LogP contribution < -0.4 is 15.4 Å². The number of nitrogens with zero attached hydrogens (tertiary/aromatic N) is 1. The van der Waals surface area contributed by atoms with Gasteiger partial charge >= 0.3 is 6.61 Å². The van der Waals surface area contributed by atoms with E-state index in [9.17, 15) is 13.6 Å². The highest BCUT2D eigenvalue weighted by Gasteiger charge is 2.12. The van der Waals surface area contributed by atoms with Gasteiger partial charge in [0.1, 0.15) is 5.75 Å². The van der Waals surface area contributed by atoms with E-state index in [0.29, 0.717) is 19.5 Å². The summed E-state index contributed by atoms with van der Waals surface area (Å²) in [5.74, 6) is 0.159. The number of alkyl halides is 2. The maximum absolute atomic E-state index is 12.1. The lowest BCUT2D eigenvalue weighted by Gasteiger charge is -2.18. The molecule has 128 valence electrons. The van der Waals surface area contributed by atoms with Crippen molar-refractivity contribution >= 4 is 5.91 Å². The van der Waals surface area contributed by atoms with Gasteiger partial charge in [0.05, 0.1) is 6.54 Å². The van der Waals surface area contributed by atoms with Crippen molar-refractivity contribution in [2.45, 2.75) is 19.5 Å². The topological polar surface area (TPSA) is 53.6 Å². The molecule has 1 aliphatic rings. The van der Waals surface area contributed by atoms with Gasteiger partial charge in [0.25, 0.3) is 0 Å². The van der Waals surface area contributed by atoms with E-state index < -0.39 is 6.61 Å². The second-order valence-corrected chi connectivity index (χ2v) is 5.50. The molecule has 0 aromatic heterocycles. The number of rotatable bonds is 7. The highest BCUT2D eigenvalue weighted by molar-refractivity contribution is 5.78. The molecule has 0 atom stereocenters. The van der Waals surface area contributed by atoms with Gasteiger partial charge in [0, 0.05) is 19.6 Å². The zero-order chi connectivity index (χ0) is 16.5. The molecular weight excluding hydrogens is 304 g/mol. The van der Waals surface area contributed by atoms with E-state index in [-0.39, 0.29) is 11.7 Å². The Labute approximate surface area is 135 Å². The van der Waals surface area contributed by atoms with Crippen molar-refractivity contribution in [3.05, 3.63) is 29.8 Å².